The number of aliphatic hydroxyl groups excluding tert-OH is 2. The van der Waals surface area contributed by atoms with Crippen LogP contribution in [0.5, 0.6) is 0 Å². The Kier molecular flexibility index (Phi) is 3.99. The first kappa shape index (κ1) is 13.3. The summed E-state index contributed by atoms with van der Waals surface area (Å²) in [6.07, 6.45) is -0.923. The number of aliphatic hydroxyl groups is 2. The molecule has 5 nitrogen and oxygen atoms in total. The van der Waals surface area contributed by atoms with Gasteiger partial charge >= 0.3 is 5.97 Å². The maximum Gasteiger partial charge on any atom is 0.338 e. The van der Waals surface area contributed by atoms with Crippen LogP contribution in [0.3, 0.4) is 0 Å². The lowest BCUT2D eigenvalue weighted by Gasteiger charge is -2.14. The zero-order valence-electron chi connectivity index (χ0n) is 10.2. The minimum absolute atomic E-state index is 0.0924. The SMILES string of the molecule is O=C(O)c1c(NCC(O)CO)ccc2ccccc12. The van der Waals surface area contributed by atoms with Gasteiger partial charge in [-0.2, -0.15) is 0 Å². The summed E-state index contributed by atoms with van der Waals surface area (Å²) < 4.78 is 0. The van der Waals surface area contributed by atoms with Crippen LogP contribution in [-0.2, 0) is 0 Å². The largest absolute Gasteiger partial charge is 0.478 e. The number of hydrogen-bond donors (Lipinski definition) is 4. The number of hydrogen-bond acceptors (Lipinski definition) is 4. The predicted octanol–water partition coefficient (Wildman–Crippen LogP) is 1.30. The minimum atomic E-state index is -1.03. The highest BCUT2D eigenvalue weighted by atomic mass is 16.4. The second kappa shape index (κ2) is 5.69. The molecule has 2 aromatic rings. The summed E-state index contributed by atoms with van der Waals surface area (Å²) in [5.74, 6) is -1.03. The maximum absolute atomic E-state index is 11.4. The van der Waals surface area contributed by atoms with E-state index in [1.807, 2.05) is 18.2 Å². The van der Waals surface area contributed by atoms with Gasteiger partial charge in [-0.15, -0.1) is 0 Å². The quantitative estimate of drug-likeness (QED) is 0.651. The Morgan fingerprint density at radius 2 is 1.95 bits per heavy atom. The number of anilines is 1. The molecule has 0 aliphatic rings. The normalized spacial score (nSPS) is 12.3. The molecule has 0 radical (unpaired) electrons. The van der Waals surface area contributed by atoms with Gasteiger partial charge in [-0.05, 0) is 16.8 Å². The lowest BCUT2D eigenvalue weighted by Crippen LogP contribution is -2.23. The van der Waals surface area contributed by atoms with E-state index in [4.69, 9.17) is 5.11 Å². The first-order valence-electron chi connectivity index (χ1n) is 5.91. The fourth-order valence-corrected chi connectivity index (χ4v) is 1.94. The van der Waals surface area contributed by atoms with Crippen LogP contribution in [0.1, 0.15) is 10.4 Å². The fraction of sp³-hybridized carbons (Fsp3) is 0.214. The third-order valence-electron chi connectivity index (χ3n) is 2.88. The van der Waals surface area contributed by atoms with Gasteiger partial charge in [-0.1, -0.05) is 30.3 Å². The molecule has 2 aromatic carbocycles. The number of carboxylic acids is 1. The average molecular weight is 261 g/mol. The van der Waals surface area contributed by atoms with Crippen LogP contribution in [0.25, 0.3) is 10.8 Å². The van der Waals surface area contributed by atoms with Gasteiger partial charge in [-0.25, -0.2) is 4.79 Å². The monoisotopic (exact) mass is 261 g/mol. The Bertz CT molecular complexity index is 597. The molecule has 4 N–H and O–H groups in total. The summed E-state index contributed by atoms with van der Waals surface area (Å²) in [6, 6.07) is 10.7. The lowest BCUT2D eigenvalue weighted by molar-refractivity contribution is 0.0699. The molecule has 100 valence electrons. The highest BCUT2D eigenvalue weighted by Gasteiger charge is 2.14. The van der Waals surface area contributed by atoms with Gasteiger partial charge < -0.3 is 20.6 Å². The number of fused-ring (bicyclic) bond motifs is 1. The molecule has 0 amide bonds. The van der Waals surface area contributed by atoms with E-state index in [2.05, 4.69) is 5.32 Å². The van der Waals surface area contributed by atoms with E-state index in [1.165, 1.54) is 0 Å². The van der Waals surface area contributed by atoms with Gasteiger partial charge in [-0.3, -0.25) is 0 Å². The van der Waals surface area contributed by atoms with Crippen molar-refractivity contribution < 1.29 is 20.1 Å². The van der Waals surface area contributed by atoms with E-state index >= 15 is 0 Å². The van der Waals surface area contributed by atoms with Gasteiger partial charge in [0, 0.05) is 12.2 Å². The molecule has 0 bridgehead atoms. The Balaban J connectivity index is 2.43. The molecule has 0 aliphatic heterocycles. The Morgan fingerprint density at radius 3 is 2.63 bits per heavy atom. The smallest absolute Gasteiger partial charge is 0.338 e. The molecule has 0 saturated heterocycles. The molecule has 1 unspecified atom stereocenters. The third kappa shape index (κ3) is 2.83. The van der Waals surface area contributed by atoms with Gasteiger partial charge in [0.15, 0.2) is 0 Å². The summed E-state index contributed by atoms with van der Waals surface area (Å²) >= 11 is 0. The van der Waals surface area contributed by atoms with Crippen molar-refractivity contribution in [1.29, 1.82) is 0 Å². The fourth-order valence-electron chi connectivity index (χ4n) is 1.94. The van der Waals surface area contributed by atoms with E-state index in [-0.39, 0.29) is 18.7 Å². The molecular weight excluding hydrogens is 246 g/mol. The molecular formula is C14H15NO4. The van der Waals surface area contributed by atoms with Gasteiger partial charge in [0.1, 0.15) is 0 Å². The summed E-state index contributed by atoms with van der Waals surface area (Å²) in [7, 11) is 0. The summed E-state index contributed by atoms with van der Waals surface area (Å²) in [5.41, 5.74) is 0.599. The second-order valence-corrected chi connectivity index (χ2v) is 4.23. The van der Waals surface area contributed by atoms with Crippen LogP contribution >= 0.6 is 0 Å². The molecule has 0 saturated carbocycles. The molecule has 2 rings (SSSR count). The van der Waals surface area contributed by atoms with Gasteiger partial charge in [0.05, 0.1) is 18.3 Å². The number of nitrogens with one attached hydrogen (secondary N) is 1. The number of rotatable bonds is 5. The van der Waals surface area contributed by atoms with Gasteiger partial charge in [0.2, 0.25) is 0 Å². The molecule has 1 atom stereocenters. The standard InChI is InChI=1S/C14H15NO4/c16-8-10(17)7-15-12-6-5-9-3-1-2-4-11(9)13(12)14(18)19/h1-6,10,15-17H,7-8H2,(H,18,19). The summed E-state index contributed by atoms with van der Waals surface area (Å²) in [4.78, 5) is 11.4. The van der Waals surface area contributed by atoms with E-state index in [1.54, 1.807) is 18.2 Å². The van der Waals surface area contributed by atoms with Crippen LogP contribution in [0.4, 0.5) is 5.69 Å². The van der Waals surface area contributed by atoms with E-state index < -0.39 is 12.1 Å². The topological polar surface area (TPSA) is 89.8 Å². The third-order valence-corrected chi connectivity index (χ3v) is 2.88. The molecule has 19 heavy (non-hydrogen) atoms. The van der Waals surface area contributed by atoms with Crippen LogP contribution in [0.2, 0.25) is 0 Å². The molecule has 0 heterocycles. The minimum Gasteiger partial charge on any atom is -0.478 e. The van der Waals surface area contributed by atoms with E-state index in [0.29, 0.717) is 11.1 Å². The molecule has 0 aliphatic carbocycles. The van der Waals surface area contributed by atoms with Crippen molar-refractivity contribution in [2.75, 3.05) is 18.5 Å². The zero-order valence-corrected chi connectivity index (χ0v) is 10.2. The van der Waals surface area contributed by atoms with Crippen molar-refractivity contribution in [3.05, 3.63) is 42.0 Å². The molecule has 0 spiro atoms. The second-order valence-electron chi connectivity index (χ2n) is 4.23. The average Bonchev–Trinajstić information content (AvgIpc) is 2.43. The van der Waals surface area contributed by atoms with Crippen LogP contribution < -0.4 is 5.32 Å². The highest BCUT2D eigenvalue weighted by Crippen LogP contribution is 2.26. The van der Waals surface area contributed by atoms with Crippen molar-refractivity contribution in [1.82, 2.24) is 0 Å². The Hall–Kier alpha value is -2.11. The zero-order chi connectivity index (χ0) is 13.8. The molecule has 5 heteroatoms. The maximum atomic E-state index is 11.4. The molecule has 0 aromatic heterocycles. The number of carbonyl (C=O) groups is 1. The highest BCUT2D eigenvalue weighted by molar-refractivity contribution is 6.08. The summed E-state index contributed by atoms with van der Waals surface area (Å²) in [6.45, 7) is -0.280. The van der Waals surface area contributed by atoms with Crippen LogP contribution in [0.15, 0.2) is 36.4 Å². The van der Waals surface area contributed by atoms with Crippen molar-refractivity contribution in [2.24, 2.45) is 0 Å². The lowest BCUT2D eigenvalue weighted by atomic mass is 10.0. The van der Waals surface area contributed by atoms with Crippen molar-refractivity contribution in [3.63, 3.8) is 0 Å². The number of carboxylic acid groups (broad SMARTS) is 1. The number of benzene rings is 2. The first-order valence-corrected chi connectivity index (χ1v) is 5.91. The number of aromatic carboxylic acids is 1. The first-order chi connectivity index (χ1) is 9.13. The van der Waals surface area contributed by atoms with Crippen molar-refractivity contribution >= 4 is 22.4 Å². The van der Waals surface area contributed by atoms with Gasteiger partial charge in [0.25, 0.3) is 0 Å². The predicted molar refractivity (Wildman–Crippen MR) is 72.5 cm³/mol. The van der Waals surface area contributed by atoms with Crippen LogP contribution in [-0.4, -0.2) is 40.5 Å². The van der Waals surface area contributed by atoms with E-state index in [0.717, 1.165) is 5.39 Å². The van der Waals surface area contributed by atoms with Crippen LogP contribution in [0, 0.1) is 0 Å². The Labute approximate surface area is 110 Å². The van der Waals surface area contributed by atoms with Crippen molar-refractivity contribution in [2.45, 2.75) is 6.10 Å². The van der Waals surface area contributed by atoms with Crippen molar-refractivity contribution in [3.8, 4) is 0 Å². The van der Waals surface area contributed by atoms with E-state index in [9.17, 15) is 15.0 Å². The Morgan fingerprint density at radius 1 is 1.21 bits per heavy atom. The summed E-state index contributed by atoms with van der Waals surface area (Å²) in [5, 5.41) is 31.7. The molecule has 0 fully saturated rings.